The molecule has 0 radical (unpaired) electrons. The Morgan fingerprint density at radius 1 is 1.15 bits per heavy atom. The molecule has 0 saturated heterocycles. The van der Waals surface area contributed by atoms with Crippen LogP contribution in [-0.4, -0.2) is 28.5 Å². The molecule has 1 amide bonds. The average Bonchev–Trinajstić information content (AvgIpc) is 3.16. The minimum Gasteiger partial charge on any atom is -0.451 e. The van der Waals surface area contributed by atoms with Crippen LogP contribution in [0.4, 0.5) is 10.8 Å². The Hall–Kier alpha value is -2.97. The van der Waals surface area contributed by atoms with E-state index in [0.29, 0.717) is 17.4 Å². The molecule has 3 rings (SSSR count). The Morgan fingerprint density at radius 3 is 2.74 bits per heavy atom. The van der Waals surface area contributed by atoms with Crippen molar-refractivity contribution in [2.24, 2.45) is 0 Å². The van der Waals surface area contributed by atoms with Gasteiger partial charge in [0.05, 0.1) is 5.69 Å². The number of aromatic nitrogens is 2. The van der Waals surface area contributed by atoms with Gasteiger partial charge in [-0.1, -0.05) is 41.9 Å². The first-order chi connectivity index (χ1) is 13.1. The molecule has 0 aliphatic heterocycles. The van der Waals surface area contributed by atoms with Crippen LogP contribution in [0, 0.1) is 0 Å². The number of hydrogen-bond donors (Lipinski definition) is 2. The molecule has 0 aliphatic rings. The van der Waals surface area contributed by atoms with E-state index in [0.717, 1.165) is 5.56 Å². The summed E-state index contributed by atoms with van der Waals surface area (Å²) in [5, 5.41) is 7.99. The fourth-order valence-corrected chi connectivity index (χ4v) is 2.94. The lowest BCUT2D eigenvalue weighted by molar-refractivity contribution is -0.119. The van der Waals surface area contributed by atoms with E-state index in [4.69, 9.17) is 16.3 Å². The van der Waals surface area contributed by atoms with Gasteiger partial charge in [-0.15, -0.1) is 11.3 Å². The number of hydrogen-bond acceptors (Lipinski definition) is 7. The summed E-state index contributed by atoms with van der Waals surface area (Å²) in [4.78, 5) is 31.9. The highest BCUT2D eigenvalue weighted by Gasteiger charge is 2.15. The van der Waals surface area contributed by atoms with Gasteiger partial charge in [0.25, 0.3) is 5.91 Å². The first-order valence-corrected chi connectivity index (χ1v) is 9.18. The number of carbonyl (C=O) groups is 2. The molecular weight excluding hydrogens is 388 g/mol. The summed E-state index contributed by atoms with van der Waals surface area (Å²) in [5.74, 6) is -1.19. The number of benzene rings is 1. The molecule has 0 unspecified atom stereocenters. The van der Waals surface area contributed by atoms with E-state index < -0.39 is 18.5 Å². The molecule has 2 N–H and O–H groups in total. The van der Waals surface area contributed by atoms with Crippen molar-refractivity contribution in [3.05, 3.63) is 70.5 Å². The number of amides is 1. The zero-order chi connectivity index (χ0) is 19.1. The fourth-order valence-electron chi connectivity index (χ4n) is 2.09. The van der Waals surface area contributed by atoms with Crippen LogP contribution in [0.2, 0.25) is 5.15 Å². The molecule has 0 atom stereocenters. The van der Waals surface area contributed by atoms with Crippen molar-refractivity contribution < 1.29 is 14.3 Å². The maximum atomic E-state index is 12.0. The maximum Gasteiger partial charge on any atom is 0.358 e. The number of nitrogens with one attached hydrogen (secondary N) is 2. The van der Waals surface area contributed by atoms with Gasteiger partial charge in [-0.25, -0.2) is 14.8 Å². The van der Waals surface area contributed by atoms with E-state index in [-0.39, 0.29) is 10.8 Å². The summed E-state index contributed by atoms with van der Waals surface area (Å²) in [7, 11) is 0. The van der Waals surface area contributed by atoms with Crippen LogP contribution in [0.3, 0.4) is 0 Å². The van der Waals surface area contributed by atoms with Crippen LogP contribution in [0.25, 0.3) is 0 Å². The van der Waals surface area contributed by atoms with Gasteiger partial charge in [-0.3, -0.25) is 4.79 Å². The highest BCUT2D eigenvalue weighted by Crippen LogP contribution is 2.18. The first kappa shape index (κ1) is 18.8. The van der Waals surface area contributed by atoms with Crippen molar-refractivity contribution in [1.82, 2.24) is 9.97 Å². The molecular formula is C18H15ClN4O3S. The Kier molecular flexibility index (Phi) is 6.35. The Balaban J connectivity index is 1.47. The van der Waals surface area contributed by atoms with Crippen LogP contribution < -0.4 is 10.6 Å². The molecule has 0 aliphatic carbocycles. The minimum absolute atomic E-state index is 0.141. The van der Waals surface area contributed by atoms with Crippen LogP contribution in [-0.2, 0) is 16.1 Å². The third-order valence-electron chi connectivity index (χ3n) is 3.37. The second-order valence-corrected chi connectivity index (χ2v) is 6.56. The van der Waals surface area contributed by atoms with Gasteiger partial charge in [0, 0.05) is 18.1 Å². The molecule has 0 saturated carbocycles. The molecule has 0 fully saturated rings. The summed E-state index contributed by atoms with van der Waals surface area (Å²) in [6.07, 6.45) is 1.50. The van der Waals surface area contributed by atoms with E-state index in [1.807, 2.05) is 30.3 Å². The molecule has 9 heteroatoms. The topological polar surface area (TPSA) is 93.2 Å². The van der Waals surface area contributed by atoms with Gasteiger partial charge in [0.15, 0.2) is 22.6 Å². The molecule has 0 spiro atoms. The van der Waals surface area contributed by atoms with Crippen molar-refractivity contribution in [2.45, 2.75) is 6.54 Å². The van der Waals surface area contributed by atoms with Gasteiger partial charge in [-0.05, 0) is 17.7 Å². The number of esters is 1. The van der Waals surface area contributed by atoms with Crippen LogP contribution in [0.15, 0.2) is 54.0 Å². The number of rotatable bonds is 7. The van der Waals surface area contributed by atoms with Gasteiger partial charge in [-0.2, -0.15) is 0 Å². The Bertz CT molecular complexity index is 933. The Labute approximate surface area is 164 Å². The first-order valence-electron chi connectivity index (χ1n) is 7.92. The summed E-state index contributed by atoms with van der Waals surface area (Å²) in [5.41, 5.74) is 1.59. The molecule has 7 nitrogen and oxygen atoms in total. The third-order valence-corrected chi connectivity index (χ3v) is 4.47. The molecule has 2 heterocycles. The zero-order valence-corrected chi connectivity index (χ0v) is 15.6. The van der Waals surface area contributed by atoms with E-state index >= 15 is 0 Å². The number of ether oxygens (including phenoxy) is 1. The van der Waals surface area contributed by atoms with Crippen LogP contribution >= 0.6 is 22.9 Å². The smallest absolute Gasteiger partial charge is 0.358 e. The monoisotopic (exact) mass is 402 g/mol. The lowest BCUT2D eigenvalue weighted by atomic mass is 10.2. The normalized spacial score (nSPS) is 10.3. The number of carbonyl (C=O) groups excluding carboxylic acids is 2. The molecule has 27 heavy (non-hydrogen) atoms. The van der Waals surface area contributed by atoms with Crippen molar-refractivity contribution in [2.75, 3.05) is 17.2 Å². The van der Waals surface area contributed by atoms with E-state index in [9.17, 15) is 9.59 Å². The summed E-state index contributed by atoms with van der Waals surface area (Å²) < 4.78 is 4.98. The van der Waals surface area contributed by atoms with Gasteiger partial charge in [0.2, 0.25) is 0 Å². The van der Waals surface area contributed by atoms with Gasteiger partial charge < -0.3 is 15.4 Å². The zero-order valence-electron chi connectivity index (χ0n) is 14.0. The van der Waals surface area contributed by atoms with Crippen molar-refractivity contribution in [3.63, 3.8) is 0 Å². The predicted octanol–water partition coefficient (Wildman–Crippen LogP) is 3.60. The number of nitrogens with zero attached hydrogens (tertiary/aromatic N) is 2. The molecule has 3 aromatic rings. The molecule has 1 aromatic carbocycles. The van der Waals surface area contributed by atoms with E-state index in [1.165, 1.54) is 17.5 Å². The van der Waals surface area contributed by atoms with Gasteiger partial charge >= 0.3 is 5.97 Å². The number of anilines is 2. The Morgan fingerprint density at radius 2 is 1.96 bits per heavy atom. The summed E-state index contributed by atoms with van der Waals surface area (Å²) >= 11 is 7.14. The summed E-state index contributed by atoms with van der Waals surface area (Å²) in [6.45, 7) is 0.144. The van der Waals surface area contributed by atoms with Crippen molar-refractivity contribution in [1.29, 1.82) is 0 Å². The molecule has 2 aromatic heterocycles. The third kappa shape index (κ3) is 5.50. The molecule has 0 bridgehead atoms. The quantitative estimate of drug-likeness (QED) is 0.463. The second kappa shape index (κ2) is 9.11. The second-order valence-electron chi connectivity index (χ2n) is 5.34. The van der Waals surface area contributed by atoms with E-state index in [1.54, 1.807) is 17.5 Å². The average molecular weight is 403 g/mol. The lowest BCUT2D eigenvalue weighted by Gasteiger charge is -2.06. The van der Waals surface area contributed by atoms with Crippen LogP contribution in [0.1, 0.15) is 16.1 Å². The predicted molar refractivity (Wildman–Crippen MR) is 104 cm³/mol. The fraction of sp³-hybridized carbons (Fsp3) is 0.111. The van der Waals surface area contributed by atoms with Crippen molar-refractivity contribution >= 4 is 45.6 Å². The highest BCUT2D eigenvalue weighted by molar-refractivity contribution is 7.13. The summed E-state index contributed by atoms with van der Waals surface area (Å²) in [6, 6.07) is 13.1. The molecule has 138 valence electrons. The highest BCUT2D eigenvalue weighted by atomic mass is 35.5. The van der Waals surface area contributed by atoms with E-state index in [2.05, 4.69) is 20.6 Å². The standard InChI is InChI=1S/C18H15ClN4O3S/c19-16-13(7-4-8-20-16)22-15(24)10-26-17(25)14-11-27-18(23-14)21-9-12-5-2-1-3-6-12/h1-8,11H,9-10H2,(H,21,23)(H,22,24). The van der Waals surface area contributed by atoms with Crippen LogP contribution in [0.5, 0.6) is 0 Å². The van der Waals surface area contributed by atoms with Gasteiger partial charge in [0.1, 0.15) is 0 Å². The van der Waals surface area contributed by atoms with Crippen molar-refractivity contribution in [3.8, 4) is 0 Å². The SMILES string of the molecule is O=C(COC(=O)c1csc(NCc2ccccc2)n1)Nc1cccnc1Cl. The number of pyridine rings is 1. The lowest BCUT2D eigenvalue weighted by Crippen LogP contribution is -2.21. The largest absolute Gasteiger partial charge is 0.451 e. The number of thiazole rings is 1. The minimum atomic E-state index is -0.675. The number of halogens is 1. The maximum absolute atomic E-state index is 12.0.